The van der Waals surface area contributed by atoms with E-state index in [-0.39, 0.29) is 5.91 Å². The maximum Gasteiger partial charge on any atom is 0.240 e. The molecule has 0 aromatic heterocycles. The highest BCUT2D eigenvalue weighted by Gasteiger charge is 2.42. The highest BCUT2D eigenvalue weighted by atomic mass is 16.2. The molecule has 2 fully saturated rings. The summed E-state index contributed by atoms with van der Waals surface area (Å²) in [6.45, 7) is 2.22. The van der Waals surface area contributed by atoms with E-state index in [1.807, 2.05) is 0 Å². The van der Waals surface area contributed by atoms with Gasteiger partial charge in [0.2, 0.25) is 5.91 Å². The molecule has 0 aliphatic heterocycles. The standard InChI is InChI=1S/C15H24N2O/c1-2-12-6-5-7-13(10-12)17-14(18)15(11-16)8-3-4-9-15/h12-13H,2-10H2,1H3,(H,17,18). The van der Waals surface area contributed by atoms with Gasteiger partial charge >= 0.3 is 0 Å². The van der Waals surface area contributed by atoms with Crippen LogP contribution in [0.4, 0.5) is 0 Å². The lowest BCUT2D eigenvalue weighted by atomic mass is 9.82. The maximum absolute atomic E-state index is 12.3. The van der Waals surface area contributed by atoms with Crippen molar-refractivity contribution in [3.8, 4) is 6.07 Å². The van der Waals surface area contributed by atoms with Gasteiger partial charge in [-0.25, -0.2) is 0 Å². The van der Waals surface area contributed by atoms with Gasteiger partial charge in [0, 0.05) is 6.04 Å². The average molecular weight is 248 g/mol. The molecule has 2 aliphatic carbocycles. The summed E-state index contributed by atoms with van der Waals surface area (Å²) in [5.74, 6) is 0.759. The van der Waals surface area contributed by atoms with Gasteiger partial charge in [-0.3, -0.25) is 4.79 Å². The van der Waals surface area contributed by atoms with Crippen LogP contribution in [0.15, 0.2) is 0 Å². The van der Waals surface area contributed by atoms with Crippen LogP contribution in [-0.2, 0) is 4.79 Å². The maximum atomic E-state index is 12.3. The number of nitriles is 1. The van der Waals surface area contributed by atoms with Gasteiger partial charge in [0.15, 0.2) is 0 Å². The number of hydrogen-bond donors (Lipinski definition) is 1. The predicted octanol–water partition coefficient (Wildman–Crippen LogP) is 3.16. The molecule has 2 saturated carbocycles. The highest BCUT2D eigenvalue weighted by Crippen LogP contribution is 2.38. The molecule has 2 rings (SSSR count). The number of hydrogen-bond acceptors (Lipinski definition) is 2. The Morgan fingerprint density at radius 2 is 2.06 bits per heavy atom. The van der Waals surface area contributed by atoms with E-state index in [1.165, 1.54) is 19.3 Å². The molecule has 0 bridgehead atoms. The third-order valence-electron chi connectivity index (χ3n) is 4.80. The van der Waals surface area contributed by atoms with E-state index in [9.17, 15) is 10.1 Å². The monoisotopic (exact) mass is 248 g/mol. The molecular formula is C15H24N2O. The Hall–Kier alpha value is -1.04. The topological polar surface area (TPSA) is 52.9 Å². The van der Waals surface area contributed by atoms with Gasteiger partial charge in [0.05, 0.1) is 6.07 Å². The van der Waals surface area contributed by atoms with E-state index in [2.05, 4.69) is 18.3 Å². The lowest BCUT2D eigenvalue weighted by Crippen LogP contribution is -2.45. The molecule has 0 heterocycles. The summed E-state index contributed by atoms with van der Waals surface area (Å²) in [5.41, 5.74) is -0.709. The fourth-order valence-corrected chi connectivity index (χ4v) is 3.48. The molecule has 0 aromatic rings. The van der Waals surface area contributed by atoms with E-state index in [4.69, 9.17) is 0 Å². The fourth-order valence-electron chi connectivity index (χ4n) is 3.48. The molecule has 1 amide bonds. The Bertz CT molecular complexity index is 339. The van der Waals surface area contributed by atoms with E-state index in [0.717, 1.165) is 44.4 Å². The second kappa shape index (κ2) is 5.73. The van der Waals surface area contributed by atoms with Crippen LogP contribution in [0, 0.1) is 22.7 Å². The first-order chi connectivity index (χ1) is 8.70. The van der Waals surface area contributed by atoms with Gasteiger partial charge in [-0.1, -0.05) is 39.0 Å². The van der Waals surface area contributed by atoms with Gasteiger partial charge < -0.3 is 5.32 Å². The summed E-state index contributed by atoms with van der Waals surface area (Å²) in [5, 5.41) is 12.5. The van der Waals surface area contributed by atoms with Crippen molar-refractivity contribution < 1.29 is 4.79 Å². The zero-order chi connectivity index (χ0) is 13.0. The van der Waals surface area contributed by atoms with Crippen LogP contribution in [-0.4, -0.2) is 11.9 Å². The first-order valence-electron chi connectivity index (χ1n) is 7.42. The molecule has 2 unspecified atom stereocenters. The molecule has 2 aliphatic rings. The van der Waals surface area contributed by atoms with Crippen molar-refractivity contribution in [2.24, 2.45) is 11.3 Å². The minimum Gasteiger partial charge on any atom is -0.352 e. The first-order valence-corrected chi connectivity index (χ1v) is 7.42. The van der Waals surface area contributed by atoms with E-state index in [1.54, 1.807) is 0 Å². The van der Waals surface area contributed by atoms with Crippen molar-refractivity contribution in [2.75, 3.05) is 0 Å². The van der Waals surface area contributed by atoms with Crippen molar-refractivity contribution in [2.45, 2.75) is 70.8 Å². The van der Waals surface area contributed by atoms with Crippen LogP contribution in [0.3, 0.4) is 0 Å². The smallest absolute Gasteiger partial charge is 0.240 e. The molecular weight excluding hydrogens is 224 g/mol. The van der Waals surface area contributed by atoms with Gasteiger partial charge in [-0.15, -0.1) is 0 Å². The second-order valence-electron chi connectivity index (χ2n) is 6.01. The van der Waals surface area contributed by atoms with E-state index >= 15 is 0 Å². The van der Waals surface area contributed by atoms with Gasteiger partial charge in [0.25, 0.3) is 0 Å². The number of amides is 1. The second-order valence-corrected chi connectivity index (χ2v) is 6.01. The zero-order valence-electron chi connectivity index (χ0n) is 11.4. The molecule has 3 nitrogen and oxygen atoms in total. The first kappa shape index (κ1) is 13.4. The van der Waals surface area contributed by atoms with E-state index in [0.29, 0.717) is 6.04 Å². The Balaban J connectivity index is 1.92. The van der Waals surface area contributed by atoms with Gasteiger partial charge in [-0.05, 0) is 31.6 Å². The highest BCUT2D eigenvalue weighted by molar-refractivity contribution is 5.85. The summed E-state index contributed by atoms with van der Waals surface area (Å²) in [7, 11) is 0. The van der Waals surface area contributed by atoms with Crippen molar-refractivity contribution in [1.29, 1.82) is 5.26 Å². The minimum atomic E-state index is -0.709. The number of rotatable bonds is 3. The number of nitrogens with one attached hydrogen (secondary N) is 1. The molecule has 0 spiro atoms. The zero-order valence-corrected chi connectivity index (χ0v) is 11.4. The quantitative estimate of drug-likeness (QED) is 0.834. The summed E-state index contributed by atoms with van der Waals surface area (Å²) in [4.78, 5) is 12.3. The third-order valence-corrected chi connectivity index (χ3v) is 4.80. The summed E-state index contributed by atoms with van der Waals surface area (Å²) in [6, 6.07) is 2.59. The van der Waals surface area contributed by atoms with Crippen LogP contribution in [0.5, 0.6) is 0 Å². The molecule has 0 radical (unpaired) electrons. The summed E-state index contributed by atoms with van der Waals surface area (Å²) < 4.78 is 0. The van der Waals surface area contributed by atoms with Crippen molar-refractivity contribution in [1.82, 2.24) is 5.32 Å². The third kappa shape index (κ3) is 2.68. The van der Waals surface area contributed by atoms with Crippen LogP contribution in [0.2, 0.25) is 0 Å². The van der Waals surface area contributed by atoms with Crippen LogP contribution >= 0.6 is 0 Å². The largest absolute Gasteiger partial charge is 0.352 e. The molecule has 0 aromatic carbocycles. The lowest BCUT2D eigenvalue weighted by Gasteiger charge is -2.31. The van der Waals surface area contributed by atoms with Crippen LogP contribution in [0.25, 0.3) is 0 Å². The van der Waals surface area contributed by atoms with Gasteiger partial charge in [-0.2, -0.15) is 5.26 Å². The average Bonchev–Trinajstić information content (AvgIpc) is 2.89. The molecule has 3 heteroatoms. The summed E-state index contributed by atoms with van der Waals surface area (Å²) in [6.07, 6.45) is 9.43. The Morgan fingerprint density at radius 1 is 1.33 bits per heavy atom. The molecule has 18 heavy (non-hydrogen) atoms. The van der Waals surface area contributed by atoms with Crippen molar-refractivity contribution >= 4 is 5.91 Å². The van der Waals surface area contributed by atoms with Crippen molar-refractivity contribution in [3.05, 3.63) is 0 Å². The Labute approximate surface area is 110 Å². The summed E-state index contributed by atoms with van der Waals surface area (Å²) >= 11 is 0. The van der Waals surface area contributed by atoms with Crippen LogP contribution < -0.4 is 5.32 Å². The minimum absolute atomic E-state index is 0.00394. The number of carbonyl (C=O) groups excluding carboxylic acids is 1. The number of nitrogens with zero attached hydrogens (tertiary/aromatic N) is 1. The van der Waals surface area contributed by atoms with Gasteiger partial charge in [0.1, 0.15) is 5.41 Å². The van der Waals surface area contributed by atoms with Crippen molar-refractivity contribution in [3.63, 3.8) is 0 Å². The van der Waals surface area contributed by atoms with E-state index < -0.39 is 5.41 Å². The molecule has 100 valence electrons. The Kier molecular flexibility index (Phi) is 4.27. The predicted molar refractivity (Wildman–Crippen MR) is 70.7 cm³/mol. The molecule has 0 saturated heterocycles. The fraction of sp³-hybridized carbons (Fsp3) is 0.867. The SMILES string of the molecule is CCC1CCCC(NC(=O)C2(C#N)CCCC2)C1. The molecule has 1 N–H and O–H groups in total. The number of carbonyl (C=O) groups is 1. The normalized spacial score (nSPS) is 30.7. The molecule has 2 atom stereocenters. The lowest BCUT2D eigenvalue weighted by molar-refractivity contribution is -0.129. The van der Waals surface area contributed by atoms with Crippen LogP contribution in [0.1, 0.15) is 64.7 Å². The Morgan fingerprint density at radius 3 is 2.67 bits per heavy atom.